The minimum Gasteiger partial charge on any atom is -0.487 e. The molecule has 1 fully saturated rings. The summed E-state index contributed by atoms with van der Waals surface area (Å²) in [7, 11) is 1.46. The Kier molecular flexibility index (Phi) is 6.50. The second kappa shape index (κ2) is 9.45. The highest BCUT2D eigenvalue weighted by atomic mass is 32.1. The van der Waals surface area contributed by atoms with E-state index in [0.29, 0.717) is 19.0 Å². The van der Waals surface area contributed by atoms with Crippen molar-refractivity contribution in [2.45, 2.75) is 45.4 Å². The molecule has 0 spiro atoms. The van der Waals surface area contributed by atoms with Gasteiger partial charge in [0.1, 0.15) is 29.9 Å². The minimum absolute atomic E-state index is 0.148. The van der Waals surface area contributed by atoms with E-state index in [-0.39, 0.29) is 12.0 Å². The number of methoxy groups -OCH3 is 1. The molecule has 2 aromatic heterocycles. The largest absolute Gasteiger partial charge is 0.487 e. The zero-order valence-electron chi connectivity index (χ0n) is 17.3. The molecule has 7 heteroatoms. The molecular weight excluding hydrogens is 400 g/mol. The molecule has 1 aromatic carbocycles. The van der Waals surface area contributed by atoms with Gasteiger partial charge in [0.15, 0.2) is 0 Å². The van der Waals surface area contributed by atoms with Crippen LogP contribution < -0.4 is 4.74 Å². The molecule has 0 N–H and O–H groups in total. The summed E-state index contributed by atoms with van der Waals surface area (Å²) in [5.41, 5.74) is 1.91. The molecule has 0 amide bonds. The Morgan fingerprint density at radius 1 is 1.30 bits per heavy atom. The molecular formula is C23H26N2O4S. The van der Waals surface area contributed by atoms with Crippen LogP contribution in [-0.2, 0) is 22.7 Å². The lowest BCUT2D eigenvalue weighted by Crippen LogP contribution is -2.44. The maximum atomic E-state index is 12.1. The molecule has 30 heavy (non-hydrogen) atoms. The van der Waals surface area contributed by atoms with Gasteiger partial charge in [-0.1, -0.05) is 24.6 Å². The van der Waals surface area contributed by atoms with Gasteiger partial charge in [0.05, 0.1) is 12.0 Å². The standard InChI is InChI=1S/C23H26N2O4S/c1-16-19(24-22(29-16)21-10-6-12-30-21)15-28-18-8-5-7-17(13-18)14-25-11-4-3-9-20(25)23(26)27-2/h5-8,10,12-13,20H,3-4,9,11,14-15H2,1-2H3. The first kappa shape index (κ1) is 20.6. The Morgan fingerprint density at radius 3 is 3.00 bits per heavy atom. The molecule has 0 aliphatic carbocycles. The van der Waals surface area contributed by atoms with E-state index in [0.717, 1.165) is 53.5 Å². The fourth-order valence-corrected chi connectivity index (χ4v) is 4.42. The number of piperidine rings is 1. The average molecular weight is 427 g/mol. The molecule has 1 unspecified atom stereocenters. The summed E-state index contributed by atoms with van der Waals surface area (Å²) in [6.45, 7) is 3.85. The molecule has 0 saturated carbocycles. The van der Waals surface area contributed by atoms with Gasteiger partial charge in [-0.3, -0.25) is 9.69 Å². The Hall–Kier alpha value is -2.64. The van der Waals surface area contributed by atoms with Gasteiger partial charge >= 0.3 is 5.97 Å². The zero-order chi connectivity index (χ0) is 20.9. The molecule has 0 radical (unpaired) electrons. The van der Waals surface area contributed by atoms with Crippen LogP contribution in [0.2, 0.25) is 0 Å². The van der Waals surface area contributed by atoms with Gasteiger partial charge in [-0.2, -0.15) is 0 Å². The first-order chi connectivity index (χ1) is 14.6. The normalized spacial score (nSPS) is 17.1. The Bertz CT molecular complexity index is 983. The third-order valence-corrected chi connectivity index (χ3v) is 6.23. The minimum atomic E-state index is -0.165. The molecule has 1 saturated heterocycles. The summed E-state index contributed by atoms with van der Waals surface area (Å²) in [6.07, 6.45) is 3.01. The fourth-order valence-electron chi connectivity index (χ4n) is 3.77. The highest BCUT2D eigenvalue weighted by Gasteiger charge is 2.29. The van der Waals surface area contributed by atoms with Crippen molar-refractivity contribution in [3.8, 4) is 16.5 Å². The number of oxazole rings is 1. The third-order valence-electron chi connectivity index (χ3n) is 5.37. The van der Waals surface area contributed by atoms with Crippen LogP contribution in [0.25, 0.3) is 10.8 Å². The summed E-state index contributed by atoms with van der Waals surface area (Å²) in [6, 6.07) is 11.8. The zero-order valence-corrected chi connectivity index (χ0v) is 18.1. The highest BCUT2D eigenvalue weighted by Crippen LogP contribution is 2.27. The summed E-state index contributed by atoms with van der Waals surface area (Å²) < 4.78 is 16.8. The Morgan fingerprint density at radius 2 is 2.20 bits per heavy atom. The number of carbonyl (C=O) groups is 1. The van der Waals surface area contributed by atoms with Crippen molar-refractivity contribution in [3.05, 3.63) is 58.8 Å². The molecule has 3 aromatic rings. The summed E-state index contributed by atoms with van der Waals surface area (Å²) in [5.74, 6) is 2.03. The van der Waals surface area contributed by atoms with Gasteiger partial charge in [-0.05, 0) is 55.5 Å². The topological polar surface area (TPSA) is 64.8 Å². The van der Waals surface area contributed by atoms with Crippen LogP contribution in [0.5, 0.6) is 5.75 Å². The summed E-state index contributed by atoms with van der Waals surface area (Å²) in [4.78, 5) is 19.9. The van der Waals surface area contributed by atoms with Gasteiger partial charge in [0, 0.05) is 6.54 Å². The number of benzene rings is 1. The molecule has 1 aliphatic heterocycles. The SMILES string of the molecule is COC(=O)C1CCCCN1Cc1cccc(OCc2nc(-c3cccs3)oc2C)c1. The van der Waals surface area contributed by atoms with Gasteiger partial charge in [-0.25, -0.2) is 4.98 Å². The molecule has 4 rings (SSSR count). The number of aryl methyl sites for hydroxylation is 1. The van der Waals surface area contributed by atoms with E-state index in [9.17, 15) is 4.79 Å². The lowest BCUT2D eigenvalue weighted by atomic mass is 10.0. The monoisotopic (exact) mass is 426 g/mol. The average Bonchev–Trinajstić information content (AvgIpc) is 3.42. The number of hydrogen-bond donors (Lipinski definition) is 0. The summed E-state index contributed by atoms with van der Waals surface area (Å²) in [5, 5.41) is 2.00. The van der Waals surface area contributed by atoms with Gasteiger partial charge < -0.3 is 13.9 Å². The van der Waals surface area contributed by atoms with Crippen molar-refractivity contribution in [1.29, 1.82) is 0 Å². The molecule has 1 atom stereocenters. The van der Waals surface area contributed by atoms with E-state index in [1.165, 1.54) is 7.11 Å². The van der Waals surface area contributed by atoms with E-state index >= 15 is 0 Å². The number of carbonyl (C=O) groups excluding carboxylic acids is 1. The van der Waals surface area contributed by atoms with Crippen molar-refractivity contribution < 1.29 is 18.7 Å². The van der Waals surface area contributed by atoms with Crippen LogP contribution in [0.15, 0.2) is 46.2 Å². The first-order valence-corrected chi connectivity index (χ1v) is 11.1. The van der Waals surface area contributed by atoms with E-state index in [2.05, 4.69) is 16.0 Å². The molecule has 3 heterocycles. The van der Waals surface area contributed by atoms with E-state index < -0.39 is 0 Å². The number of esters is 1. The number of ether oxygens (including phenoxy) is 2. The maximum Gasteiger partial charge on any atom is 0.323 e. The molecule has 158 valence electrons. The van der Waals surface area contributed by atoms with Crippen LogP contribution in [0.1, 0.15) is 36.3 Å². The van der Waals surface area contributed by atoms with Gasteiger partial charge in [0.2, 0.25) is 5.89 Å². The molecule has 6 nitrogen and oxygen atoms in total. The molecule has 1 aliphatic rings. The van der Waals surface area contributed by atoms with Crippen molar-refractivity contribution in [2.75, 3.05) is 13.7 Å². The maximum absolute atomic E-state index is 12.1. The predicted octanol–water partition coefficient (Wildman–Crippen LogP) is 4.82. The van der Waals surface area contributed by atoms with Crippen LogP contribution in [0.3, 0.4) is 0 Å². The quantitative estimate of drug-likeness (QED) is 0.505. The Balaban J connectivity index is 1.41. The second-order valence-electron chi connectivity index (χ2n) is 7.44. The number of nitrogens with zero attached hydrogens (tertiary/aromatic N) is 2. The van der Waals surface area contributed by atoms with E-state index in [4.69, 9.17) is 13.9 Å². The van der Waals surface area contributed by atoms with Gasteiger partial charge in [0.25, 0.3) is 0 Å². The van der Waals surface area contributed by atoms with Crippen molar-refractivity contribution in [2.24, 2.45) is 0 Å². The smallest absolute Gasteiger partial charge is 0.323 e. The van der Waals surface area contributed by atoms with Crippen LogP contribution >= 0.6 is 11.3 Å². The number of thiophene rings is 1. The lowest BCUT2D eigenvalue weighted by molar-refractivity contribution is -0.148. The second-order valence-corrected chi connectivity index (χ2v) is 8.39. The summed E-state index contributed by atoms with van der Waals surface area (Å²) >= 11 is 1.60. The third kappa shape index (κ3) is 4.74. The lowest BCUT2D eigenvalue weighted by Gasteiger charge is -2.33. The van der Waals surface area contributed by atoms with Crippen molar-refractivity contribution >= 4 is 17.3 Å². The van der Waals surface area contributed by atoms with Crippen LogP contribution in [0, 0.1) is 6.92 Å². The van der Waals surface area contributed by atoms with Crippen molar-refractivity contribution in [3.63, 3.8) is 0 Å². The number of likely N-dealkylation sites (tertiary alicyclic amines) is 1. The van der Waals surface area contributed by atoms with Crippen LogP contribution in [0.4, 0.5) is 0 Å². The van der Waals surface area contributed by atoms with Gasteiger partial charge in [-0.15, -0.1) is 11.3 Å². The molecule has 0 bridgehead atoms. The number of hydrogen-bond acceptors (Lipinski definition) is 7. The number of rotatable bonds is 7. The van der Waals surface area contributed by atoms with Crippen LogP contribution in [-0.4, -0.2) is 35.5 Å². The first-order valence-electron chi connectivity index (χ1n) is 10.2. The van der Waals surface area contributed by atoms with Crippen molar-refractivity contribution in [1.82, 2.24) is 9.88 Å². The Labute approximate surface area is 180 Å². The fraction of sp³-hybridized carbons (Fsp3) is 0.391. The highest BCUT2D eigenvalue weighted by molar-refractivity contribution is 7.13. The van der Waals surface area contributed by atoms with E-state index in [1.807, 2.05) is 42.6 Å². The van der Waals surface area contributed by atoms with E-state index in [1.54, 1.807) is 11.3 Å². The number of aromatic nitrogens is 1. The predicted molar refractivity (Wildman–Crippen MR) is 115 cm³/mol.